The Bertz CT molecular complexity index is 711. The van der Waals surface area contributed by atoms with E-state index in [1.54, 1.807) is 0 Å². The summed E-state index contributed by atoms with van der Waals surface area (Å²) >= 11 is 0. The van der Waals surface area contributed by atoms with Crippen molar-refractivity contribution >= 4 is 5.91 Å². The maximum atomic E-state index is 12.2. The van der Waals surface area contributed by atoms with Gasteiger partial charge in [-0.1, -0.05) is 24.3 Å². The zero-order valence-corrected chi connectivity index (χ0v) is 12.1. The van der Waals surface area contributed by atoms with E-state index < -0.39 is 6.36 Å². The Hall–Kier alpha value is -2.50. The molecule has 1 N–H and O–H groups in total. The predicted molar refractivity (Wildman–Crippen MR) is 78.1 cm³/mol. The summed E-state index contributed by atoms with van der Waals surface area (Å²) in [7, 11) is 0. The van der Waals surface area contributed by atoms with Crippen LogP contribution in [0.4, 0.5) is 13.2 Å². The molecule has 2 aromatic rings. The predicted octanol–water partition coefficient (Wildman–Crippen LogP) is 4.00. The van der Waals surface area contributed by atoms with E-state index in [1.165, 1.54) is 17.7 Å². The first-order chi connectivity index (χ1) is 10.9. The Morgan fingerprint density at radius 1 is 1.09 bits per heavy atom. The Morgan fingerprint density at radius 2 is 1.78 bits per heavy atom. The molecule has 0 saturated heterocycles. The molecule has 0 heterocycles. The number of carbonyl (C=O) groups excluding carboxylic acids is 1. The highest BCUT2D eigenvalue weighted by atomic mass is 19.4. The Balaban J connectivity index is 1.67. The van der Waals surface area contributed by atoms with Crippen LogP contribution in [0.3, 0.4) is 0 Å². The standard InChI is InChI=1S/C17H14F3NO2/c18-17(19,20)23-13-8-5-12(6-9-13)16(22)21-15-10-7-11-3-1-2-4-14(11)15/h1-6,8-9,15H,7,10H2,(H,21,22)/t15-/m0/s1. The molecule has 0 aliphatic heterocycles. The van der Waals surface area contributed by atoms with Crippen LogP contribution in [0.2, 0.25) is 0 Å². The summed E-state index contributed by atoms with van der Waals surface area (Å²) in [6.07, 6.45) is -3.02. The van der Waals surface area contributed by atoms with Crippen LogP contribution >= 0.6 is 0 Å². The van der Waals surface area contributed by atoms with Gasteiger partial charge in [0.05, 0.1) is 6.04 Å². The van der Waals surface area contributed by atoms with E-state index in [0.29, 0.717) is 5.56 Å². The number of ether oxygens (including phenoxy) is 1. The summed E-state index contributed by atoms with van der Waals surface area (Å²) in [4.78, 5) is 12.2. The van der Waals surface area contributed by atoms with E-state index >= 15 is 0 Å². The quantitative estimate of drug-likeness (QED) is 0.928. The highest BCUT2D eigenvalue weighted by Gasteiger charge is 2.31. The molecule has 3 nitrogen and oxygen atoms in total. The fraction of sp³-hybridized carbons (Fsp3) is 0.235. The minimum atomic E-state index is -4.74. The van der Waals surface area contributed by atoms with Gasteiger partial charge < -0.3 is 10.1 Å². The van der Waals surface area contributed by atoms with Crippen LogP contribution in [0.15, 0.2) is 48.5 Å². The zero-order chi connectivity index (χ0) is 16.4. The number of halogens is 3. The maximum absolute atomic E-state index is 12.2. The molecule has 0 fully saturated rings. The molecular weight excluding hydrogens is 307 g/mol. The molecule has 3 rings (SSSR count). The number of hydrogen-bond acceptors (Lipinski definition) is 2. The van der Waals surface area contributed by atoms with Crippen molar-refractivity contribution in [3.05, 3.63) is 65.2 Å². The monoisotopic (exact) mass is 321 g/mol. The van der Waals surface area contributed by atoms with Crippen molar-refractivity contribution in [1.82, 2.24) is 5.32 Å². The van der Waals surface area contributed by atoms with Gasteiger partial charge in [-0.25, -0.2) is 0 Å². The average molecular weight is 321 g/mol. The van der Waals surface area contributed by atoms with Gasteiger partial charge in [0.25, 0.3) is 5.91 Å². The number of nitrogens with one attached hydrogen (secondary N) is 1. The molecule has 0 spiro atoms. The van der Waals surface area contributed by atoms with Crippen molar-refractivity contribution in [3.63, 3.8) is 0 Å². The SMILES string of the molecule is O=C(N[C@H]1CCc2ccccc21)c1ccc(OC(F)(F)F)cc1. The Kier molecular flexibility index (Phi) is 3.98. The van der Waals surface area contributed by atoms with Gasteiger partial charge in [0.1, 0.15) is 5.75 Å². The average Bonchev–Trinajstić information content (AvgIpc) is 2.90. The van der Waals surface area contributed by atoms with Crippen molar-refractivity contribution < 1.29 is 22.7 Å². The number of aryl methyl sites for hydroxylation is 1. The topological polar surface area (TPSA) is 38.3 Å². The lowest BCUT2D eigenvalue weighted by Crippen LogP contribution is -2.27. The van der Waals surface area contributed by atoms with Crippen molar-refractivity contribution in [1.29, 1.82) is 0 Å². The third kappa shape index (κ3) is 3.64. The third-order valence-corrected chi connectivity index (χ3v) is 3.79. The number of fused-ring (bicyclic) bond motifs is 1. The molecule has 23 heavy (non-hydrogen) atoms. The molecule has 1 atom stereocenters. The van der Waals surface area contributed by atoms with Crippen molar-refractivity contribution in [2.24, 2.45) is 0 Å². The van der Waals surface area contributed by atoms with E-state index in [1.807, 2.05) is 24.3 Å². The number of carbonyl (C=O) groups is 1. The normalized spacial score (nSPS) is 16.7. The summed E-state index contributed by atoms with van der Waals surface area (Å²) < 4.78 is 40.1. The first-order valence-corrected chi connectivity index (χ1v) is 7.17. The smallest absolute Gasteiger partial charge is 0.406 e. The first kappa shape index (κ1) is 15.4. The largest absolute Gasteiger partial charge is 0.573 e. The fourth-order valence-corrected chi connectivity index (χ4v) is 2.76. The highest BCUT2D eigenvalue weighted by Crippen LogP contribution is 2.31. The summed E-state index contributed by atoms with van der Waals surface area (Å²) in [6.45, 7) is 0. The number of benzene rings is 2. The molecule has 0 aromatic heterocycles. The number of rotatable bonds is 3. The van der Waals surface area contributed by atoms with Gasteiger partial charge in [-0.05, 0) is 48.2 Å². The molecule has 120 valence electrons. The summed E-state index contributed by atoms with van der Waals surface area (Å²) in [6, 6.07) is 12.7. The number of amides is 1. The minimum Gasteiger partial charge on any atom is -0.406 e. The van der Waals surface area contributed by atoms with Crippen molar-refractivity contribution in [3.8, 4) is 5.75 Å². The second kappa shape index (κ2) is 5.95. The van der Waals surface area contributed by atoms with Gasteiger partial charge >= 0.3 is 6.36 Å². The van der Waals surface area contributed by atoms with Gasteiger partial charge in [-0.2, -0.15) is 0 Å². The van der Waals surface area contributed by atoms with E-state index in [-0.39, 0.29) is 17.7 Å². The lowest BCUT2D eigenvalue weighted by atomic mass is 10.1. The van der Waals surface area contributed by atoms with E-state index in [0.717, 1.165) is 30.5 Å². The van der Waals surface area contributed by atoms with Gasteiger partial charge in [-0.3, -0.25) is 4.79 Å². The molecule has 1 aliphatic carbocycles. The van der Waals surface area contributed by atoms with Crippen LogP contribution in [-0.2, 0) is 6.42 Å². The first-order valence-electron chi connectivity index (χ1n) is 7.17. The van der Waals surface area contributed by atoms with E-state index in [2.05, 4.69) is 10.1 Å². The Morgan fingerprint density at radius 3 is 2.48 bits per heavy atom. The zero-order valence-electron chi connectivity index (χ0n) is 12.1. The summed E-state index contributed by atoms with van der Waals surface area (Å²) in [5.41, 5.74) is 2.61. The summed E-state index contributed by atoms with van der Waals surface area (Å²) in [5.74, 6) is -0.662. The Labute approximate surface area is 131 Å². The molecule has 0 unspecified atom stereocenters. The van der Waals surface area contributed by atoms with Gasteiger partial charge in [0.2, 0.25) is 0 Å². The molecule has 6 heteroatoms. The second-order valence-corrected chi connectivity index (χ2v) is 5.34. The number of hydrogen-bond donors (Lipinski definition) is 1. The van der Waals surface area contributed by atoms with Crippen LogP contribution in [0.25, 0.3) is 0 Å². The highest BCUT2D eigenvalue weighted by molar-refractivity contribution is 5.94. The van der Waals surface area contributed by atoms with Gasteiger partial charge in [-0.15, -0.1) is 13.2 Å². The van der Waals surface area contributed by atoms with Crippen molar-refractivity contribution in [2.45, 2.75) is 25.2 Å². The van der Waals surface area contributed by atoms with Crippen LogP contribution in [0.5, 0.6) is 5.75 Å². The second-order valence-electron chi connectivity index (χ2n) is 5.34. The minimum absolute atomic E-state index is 0.0650. The van der Waals surface area contributed by atoms with Gasteiger partial charge in [0, 0.05) is 5.56 Å². The summed E-state index contributed by atoms with van der Waals surface area (Å²) in [5, 5.41) is 2.92. The number of alkyl halides is 3. The molecule has 0 radical (unpaired) electrons. The fourth-order valence-electron chi connectivity index (χ4n) is 2.76. The lowest BCUT2D eigenvalue weighted by Gasteiger charge is -2.14. The van der Waals surface area contributed by atoms with Crippen LogP contribution in [-0.4, -0.2) is 12.3 Å². The molecule has 1 amide bonds. The molecule has 2 aromatic carbocycles. The molecule has 1 aliphatic rings. The van der Waals surface area contributed by atoms with Crippen LogP contribution in [0.1, 0.15) is 33.9 Å². The van der Waals surface area contributed by atoms with E-state index in [9.17, 15) is 18.0 Å². The maximum Gasteiger partial charge on any atom is 0.573 e. The molecule has 0 saturated carbocycles. The lowest BCUT2D eigenvalue weighted by molar-refractivity contribution is -0.274. The van der Waals surface area contributed by atoms with E-state index in [4.69, 9.17) is 0 Å². The third-order valence-electron chi connectivity index (χ3n) is 3.79. The van der Waals surface area contributed by atoms with Crippen molar-refractivity contribution in [2.75, 3.05) is 0 Å². The molecular formula is C17H14F3NO2. The molecule has 0 bridgehead atoms. The van der Waals surface area contributed by atoms with Gasteiger partial charge in [0.15, 0.2) is 0 Å². The van der Waals surface area contributed by atoms with Crippen LogP contribution in [0, 0.1) is 0 Å². The van der Waals surface area contributed by atoms with Crippen LogP contribution < -0.4 is 10.1 Å².